The van der Waals surface area contributed by atoms with Gasteiger partial charge in [0, 0.05) is 25.0 Å². The molecule has 25 heavy (non-hydrogen) atoms. The number of aromatic nitrogens is 1. The van der Waals surface area contributed by atoms with Crippen molar-refractivity contribution in [1.82, 2.24) is 14.8 Å². The Morgan fingerprint density at radius 2 is 1.88 bits per heavy atom. The van der Waals surface area contributed by atoms with E-state index in [-0.39, 0.29) is 49.7 Å². The highest BCUT2D eigenvalue weighted by atomic mass is 35.5. The molecular formula is C16H25Cl2N5O2. The van der Waals surface area contributed by atoms with Gasteiger partial charge < -0.3 is 25.8 Å². The van der Waals surface area contributed by atoms with Crippen molar-refractivity contribution >= 4 is 53.2 Å². The predicted molar refractivity (Wildman–Crippen MR) is 106 cm³/mol. The third-order valence-corrected chi connectivity index (χ3v) is 3.48. The summed E-state index contributed by atoms with van der Waals surface area (Å²) in [5.74, 6) is -0.634. The van der Waals surface area contributed by atoms with E-state index in [1.165, 1.54) is 0 Å². The Bertz CT molecular complexity index is 703. The van der Waals surface area contributed by atoms with Crippen molar-refractivity contribution < 1.29 is 9.59 Å². The maximum atomic E-state index is 11.8. The van der Waals surface area contributed by atoms with Gasteiger partial charge in [-0.15, -0.1) is 24.8 Å². The van der Waals surface area contributed by atoms with E-state index in [1.807, 2.05) is 38.5 Å². The summed E-state index contributed by atoms with van der Waals surface area (Å²) < 4.78 is 2.15. The van der Waals surface area contributed by atoms with Crippen LogP contribution in [0.2, 0.25) is 0 Å². The van der Waals surface area contributed by atoms with E-state index in [4.69, 9.17) is 5.73 Å². The van der Waals surface area contributed by atoms with Gasteiger partial charge in [0.25, 0.3) is 0 Å². The molecule has 140 valence electrons. The number of nitrogens with one attached hydrogen (secondary N) is 2. The molecular weight excluding hydrogens is 365 g/mol. The van der Waals surface area contributed by atoms with Crippen molar-refractivity contribution in [3.8, 4) is 0 Å². The summed E-state index contributed by atoms with van der Waals surface area (Å²) in [5, 5.41) is 6.34. The molecule has 0 aliphatic carbocycles. The van der Waals surface area contributed by atoms with Gasteiger partial charge in [-0.05, 0) is 37.7 Å². The number of fused-ring (bicyclic) bond motifs is 1. The summed E-state index contributed by atoms with van der Waals surface area (Å²) in [6.45, 7) is 1.60. The molecule has 0 unspecified atom stereocenters. The second-order valence-electron chi connectivity index (χ2n) is 5.62. The number of carbonyl (C=O) groups is 2. The largest absolute Gasteiger partial charge is 0.346 e. The van der Waals surface area contributed by atoms with E-state index in [1.54, 1.807) is 0 Å². The van der Waals surface area contributed by atoms with Gasteiger partial charge in [0.1, 0.15) is 0 Å². The number of halogens is 2. The van der Waals surface area contributed by atoms with Gasteiger partial charge in [-0.1, -0.05) is 6.07 Å². The van der Waals surface area contributed by atoms with Crippen LogP contribution in [0.3, 0.4) is 0 Å². The molecule has 1 heterocycles. The van der Waals surface area contributed by atoms with Gasteiger partial charge in [-0.2, -0.15) is 0 Å². The van der Waals surface area contributed by atoms with Crippen LogP contribution in [-0.4, -0.2) is 55.0 Å². The topological polar surface area (TPSA) is 92.4 Å². The number of hydrogen-bond donors (Lipinski definition) is 3. The molecule has 1 aromatic heterocycles. The van der Waals surface area contributed by atoms with Crippen LogP contribution in [0.15, 0.2) is 30.5 Å². The van der Waals surface area contributed by atoms with Crippen LogP contribution in [0.4, 0.5) is 5.69 Å². The van der Waals surface area contributed by atoms with E-state index >= 15 is 0 Å². The van der Waals surface area contributed by atoms with Crippen molar-refractivity contribution in [2.45, 2.75) is 6.54 Å². The monoisotopic (exact) mass is 389 g/mol. The van der Waals surface area contributed by atoms with Crippen molar-refractivity contribution in [3.63, 3.8) is 0 Å². The van der Waals surface area contributed by atoms with Gasteiger partial charge in [0.05, 0.1) is 18.6 Å². The maximum Gasteiger partial charge on any atom is 0.243 e. The highest BCUT2D eigenvalue weighted by Crippen LogP contribution is 2.20. The molecule has 7 nitrogen and oxygen atoms in total. The number of anilines is 1. The van der Waals surface area contributed by atoms with E-state index in [9.17, 15) is 9.59 Å². The van der Waals surface area contributed by atoms with Gasteiger partial charge in [-0.3, -0.25) is 9.59 Å². The first-order chi connectivity index (χ1) is 11.0. The minimum atomic E-state index is -0.354. The van der Waals surface area contributed by atoms with Crippen molar-refractivity contribution in [2.75, 3.05) is 39.0 Å². The summed E-state index contributed by atoms with van der Waals surface area (Å²) >= 11 is 0. The van der Waals surface area contributed by atoms with Crippen LogP contribution in [0, 0.1) is 0 Å². The van der Waals surface area contributed by atoms with Gasteiger partial charge >= 0.3 is 0 Å². The van der Waals surface area contributed by atoms with Crippen LogP contribution in [-0.2, 0) is 16.1 Å². The quantitative estimate of drug-likeness (QED) is 0.659. The van der Waals surface area contributed by atoms with Crippen LogP contribution >= 0.6 is 24.8 Å². The first kappa shape index (κ1) is 23.2. The van der Waals surface area contributed by atoms with Gasteiger partial charge in [-0.25, -0.2) is 0 Å². The highest BCUT2D eigenvalue weighted by Gasteiger charge is 2.07. The molecule has 1 aromatic carbocycles. The molecule has 0 radical (unpaired) electrons. The van der Waals surface area contributed by atoms with Gasteiger partial charge in [0.2, 0.25) is 11.8 Å². The summed E-state index contributed by atoms with van der Waals surface area (Å²) in [7, 11) is 4.07. The molecule has 0 fully saturated rings. The Labute approximate surface area is 159 Å². The molecule has 0 bridgehead atoms. The Hall–Kier alpha value is -1.80. The zero-order chi connectivity index (χ0) is 16.8. The molecule has 2 amide bonds. The van der Waals surface area contributed by atoms with Gasteiger partial charge in [0.15, 0.2) is 0 Å². The van der Waals surface area contributed by atoms with Crippen LogP contribution < -0.4 is 16.4 Å². The van der Waals surface area contributed by atoms with Crippen molar-refractivity contribution in [3.05, 3.63) is 30.5 Å². The van der Waals surface area contributed by atoms with Crippen LogP contribution in [0.5, 0.6) is 0 Å². The second kappa shape index (κ2) is 10.9. The zero-order valence-corrected chi connectivity index (χ0v) is 16.0. The average Bonchev–Trinajstić information content (AvgIpc) is 2.93. The Kier molecular flexibility index (Phi) is 10.2. The first-order valence-corrected chi connectivity index (χ1v) is 7.50. The number of hydrogen-bond acceptors (Lipinski definition) is 4. The second-order valence-corrected chi connectivity index (χ2v) is 5.62. The molecule has 0 atom stereocenters. The fourth-order valence-corrected chi connectivity index (χ4v) is 2.22. The summed E-state index contributed by atoms with van der Waals surface area (Å²) in [6.07, 6.45) is 2.04. The molecule has 0 saturated carbocycles. The third-order valence-electron chi connectivity index (χ3n) is 3.48. The normalized spacial score (nSPS) is 10.1. The number of nitrogens with two attached hydrogens (primary N) is 1. The maximum absolute atomic E-state index is 11.8. The van der Waals surface area contributed by atoms with Crippen molar-refractivity contribution in [2.24, 2.45) is 5.73 Å². The number of likely N-dealkylation sites (N-methyl/N-ethyl adjacent to an activating group) is 1. The first-order valence-electron chi connectivity index (χ1n) is 7.50. The molecule has 2 aromatic rings. The van der Waals surface area contributed by atoms with E-state index in [0.29, 0.717) is 5.69 Å². The minimum absolute atomic E-state index is 0. The fraction of sp³-hybridized carbons (Fsp3) is 0.375. The van der Waals surface area contributed by atoms with Crippen LogP contribution in [0.1, 0.15) is 0 Å². The van der Waals surface area contributed by atoms with Crippen molar-refractivity contribution in [1.29, 1.82) is 0 Å². The number of rotatable bonds is 7. The highest BCUT2D eigenvalue weighted by molar-refractivity contribution is 5.96. The summed E-state index contributed by atoms with van der Waals surface area (Å²) in [5.41, 5.74) is 6.95. The summed E-state index contributed by atoms with van der Waals surface area (Å²) in [4.78, 5) is 25.0. The van der Waals surface area contributed by atoms with E-state index in [0.717, 1.165) is 24.0 Å². The summed E-state index contributed by atoms with van der Waals surface area (Å²) in [6, 6.07) is 7.81. The number of benzene rings is 1. The zero-order valence-electron chi connectivity index (χ0n) is 14.3. The lowest BCUT2D eigenvalue weighted by molar-refractivity contribution is -0.123. The molecule has 0 saturated heterocycles. The number of nitrogens with zero attached hydrogens (tertiary/aromatic N) is 2. The Balaban J connectivity index is 0.00000288. The van der Waals surface area contributed by atoms with E-state index < -0.39 is 0 Å². The molecule has 2 rings (SSSR count). The smallest absolute Gasteiger partial charge is 0.243 e. The average molecular weight is 390 g/mol. The molecule has 4 N–H and O–H groups in total. The SMILES string of the molecule is CN(C)CCn1ccc2ccc(NC(=O)CNC(=O)CN)cc21.Cl.Cl. The van der Waals surface area contributed by atoms with E-state index in [2.05, 4.69) is 26.2 Å². The Morgan fingerprint density at radius 1 is 1.16 bits per heavy atom. The molecule has 9 heteroatoms. The molecule has 0 aliphatic rings. The lowest BCUT2D eigenvalue weighted by atomic mass is 10.2. The lowest BCUT2D eigenvalue weighted by Crippen LogP contribution is -2.36. The number of carbonyl (C=O) groups excluding carboxylic acids is 2. The molecule has 0 aliphatic heterocycles. The lowest BCUT2D eigenvalue weighted by Gasteiger charge is -2.12. The third kappa shape index (κ3) is 6.91. The standard InChI is InChI=1S/C16H23N5O2.2ClH/c1-20(2)7-8-21-6-5-12-3-4-13(9-14(12)21)19-16(23)11-18-15(22)10-17;;/h3-6,9H,7-8,10-11,17H2,1-2H3,(H,18,22)(H,19,23);2*1H. The molecule has 0 spiro atoms. The Morgan fingerprint density at radius 3 is 2.52 bits per heavy atom. The fourth-order valence-electron chi connectivity index (χ4n) is 2.22. The predicted octanol–water partition coefficient (Wildman–Crippen LogP) is 1.06. The minimum Gasteiger partial charge on any atom is -0.346 e. The number of amides is 2. The van der Waals surface area contributed by atoms with Crippen LogP contribution in [0.25, 0.3) is 10.9 Å².